The van der Waals surface area contributed by atoms with E-state index >= 15 is 0 Å². The van der Waals surface area contributed by atoms with Crippen molar-refractivity contribution >= 4 is 21.6 Å². The SMILES string of the molecule is COCC(C)NC(=O)c1ccc(S(=O)(=O)Nc2ccc(C)cc2)cc1. The first-order valence-corrected chi connectivity index (χ1v) is 9.29. The largest absolute Gasteiger partial charge is 0.383 e. The fourth-order valence-electron chi connectivity index (χ4n) is 2.22. The van der Waals surface area contributed by atoms with Gasteiger partial charge in [-0.3, -0.25) is 9.52 Å². The van der Waals surface area contributed by atoms with Gasteiger partial charge in [-0.2, -0.15) is 0 Å². The normalized spacial score (nSPS) is 12.4. The molecule has 0 aromatic heterocycles. The van der Waals surface area contributed by atoms with Crippen LogP contribution in [0, 0.1) is 6.92 Å². The molecule has 1 unspecified atom stereocenters. The van der Waals surface area contributed by atoms with Gasteiger partial charge in [-0.15, -0.1) is 0 Å². The van der Waals surface area contributed by atoms with Crippen molar-refractivity contribution in [2.45, 2.75) is 24.8 Å². The van der Waals surface area contributed by atoms with Crippen LogP contribution in [0.4, 0.5) is 5.69 Å². The third-order valence-corrected chi connectivity index (χ3v) is 4.92. The predicted octanol–water partition coefficient (Wildman–Crippen LogP) is 2.56. The third-order valence-electron chi connectivity index (χ3n) is 3.52. The molecule has 0 aliphatic rings. The highest BCUT2D eigenvalue weighted by atomic mass is 32.2. The monoisotopic (exact) mass is 362 g/mol. The number of aryl methyl sites for hydroxylation is 1. The summed E-state index contributed by atoms with van der Waals surface area (Å²) < 4.78 is 32.3. The van der Waals surface area contributed by atoms with Crippen LogP contribution in [0.15, 0.2) is 53.4 Å². The van der Waals surface area contributed by atoms with Gasteiger partial charge in [0.05, 0.1) is 11.5 Å². The van der Waals surface area contributed by atoms with E-state index in [1.165, 1.54) is 24.3 Å². The van der Waals surface area contributed by atoms with E-state index < -0.39 is 10.0 Å². The Bertz CT molecular complexity index is 815. The minimum absolute atomic E-state index is 0.0922. The number of carbonyl (C=O) groups excluding carboxylic acids is 1. The van der Waals surface area contributed by atoms with Crippen LogP contribution in [0.1, 0.15) is 22.8 Å². The van der Waals surface area contributed by atoms with Crippen LogP contribution in [0.3, 0.4) is 0 Å². The average Bonchev–Trinajstić information content (AvgIpc) is 2.57. The number of ether oxygens (including phenoxy) is 1. The Kier molecular flexibility index (Phi) is 6.17. The third kappa shape index (κ3) is 5.30. The summed E-state index contributed by atoms with van der Waals surface area (Å²) in [4.78, 5) is 12.2. The summed E-state index contributed by atoms with van der Waals surface area (Å²) in [6.07, 6.45) is 0. The lowest BCUT2D eigenvalue weighted by molar-refractivity contribution is 0.0905. The molecule has 134 valence electrons. The van der Waals surface area contributed by atoms with E-state index in [2.05, 4.69) is 10.0 Å². The lowest BCUT2D eigenvalue weighted by atomic mass is 10.2. The number of sulfonamides is 1. The van der Waals surface area contributed by atoms with Gasteiger partial charge < -0.3 is 10.1 Å². The summed E-state index contributed by atoms with van der Waals surface area (Å²) in [5, 5.41) is 2.77. The van der Waals surface area contributed by atoms with Crippen molar-refractivity contribution in [3.63, 3.8) is 0 Å². The van der Waals surface area contributed by atoms with Crippen LogP contribution in [-0.2, 0) is 14.8 Å². The molecule has 1 atom stereocenters. The number of benzene rings is 2. The van der Waals surface area contributed by atoms with Crippen LogP contribution in [0.5, 0.6) is 0 Å². The molecular formula is C18H22N2O4S. The maximum atomic E-state index is 12.4. The zero-order chi connectivity index (χ0) is 18.4. The summed E-state index contributed by atoms with van der Waals surface area (Å²) in [6, 6.07) is 12.7. The Morgan fingerprint density at radius 2 is 1.68 bits per heavy atom. The number of anilines is 1. The van der Waals surface area contributed by atoms with Crippen molar-refractivity contribution in [2.24, 2.45) is 0 Å². The van der Waals surface area contributed by atoms with Crippen molar-refractivity contribution in [1.82, 2.24) is 5.32 Å². The number of methoxy groups -OCH3 is 1. The molecule has 0 saturated heterocycles. The average molecular weight is 362 g/mol. The van der Waals surface area contributed by atoms with Gasteiger partial charge in [-0.25, -0.2) is 8.42 Å². The topological polar surface area (TPSA) is 84.5 Å². The number of hydrogen-bond donors (Lipinski definition) is 2. The maximum Gasteiger partial charge on any atom is 0.261 e. The van der Waals surface area contributed by atoms with Crippen LogP contribution in [0.2, 0.25) is 0 Å². The standard InChI is InChI=1S/C18H22N2O4S/c1-13-4-8-16(9-5-13)20-25(22,23)17-10-6-15(7-11-17)18(21)19-14(2)12-24-3/h4-11,14,20H,12H2,1-3H3,(H,19,21). The van der Waals surface area contributed by atoms with Crippen molar-refractivity contribution < 1.29 is 17.9 Å². The van der Waals surface area contributed by atoms with E-state index in [-0.39, 0.29) is 16.8 Å². The molecule has 0 saturated carbocycles. The van der Waals surface area contributed by atoms with Gasteiger partial charge in [-0.1, -0.05) is 17.7 Å². The van der Waals surface area contributed by atoms with Gasteiger partial charge in [0, 0.05) is 24.4 Å². The molecule has 2 aromatic carbocycles. The van der Waals surface area contributed by atoms with E-state index in [4.69, 9.17) is 4.74 Å². The highest BCUT2D eigenvalue weighted by Gasteiger charge is 2.16. The number of rotatable bonds is 7. The summed E-state index contributed by atoms with van der Waals surface area (Å²) in [6.45, 7) is 4.15. The quantitative estimate of drug-likeness (QED) is 0.793. The minimum Gasteiger partial charge on any atom is -0.383 e. The van der Waals surface area contributed by atoms with Gasteiger partial charge >= 0.3 is 0 Å². The molecule has 0 spiro atoms. The van der Waals surface area contributed by atoms with Gasteiger partial charge in [0.2, 0.25) is 0 Å². The van der Waals surface area contributed by atoms with Crippen molar-refractivity contribution in [2.75, 3.05) is 18.4 Å². The number of nitrogens with one attached hydrogen (secondary N) is 2. The van der Waals surface area contributed by atoms with Crippen LogP contribution >= 0.6 is 0 Å². The molecule has 0 radical (unpaired) electrons. The Hall–Kier alpha value is -2.38. The smallest absolute Gasteiger partial charge is 0.261 e. The van der Waals surface area contributed by atoms with Crippen molar-refractivity contribution in [3.8, 4) is 0 Å². The molecule has 0 aliphatic carbocycles. The Labute approximate surface area is 148 Å². The molecule has 7 heteroatoms. The molecule has 0 aliphatic heterocycles. The lowest BCUT2D eigenvalue weighted by Gasteiger charge is -2.13. The number of hydrogen-bond acceptors (Lipinski definition) is 4. The Morgan fingerprint density at radius 3 is 2.24 bits per heavy atom. The summed E-state index contributed by atoms with van der Waals surface area (Å²) in [5.74, 6) is -0.278. The summed E-state index contributed by atoms with van der Waals surface area (Å²) in [5.41, 5.74) is 1.92. The highest BCUT2D eigenvalue weighted by Crippen LogP contribution is 2.17. The molecular weight excluding hydrogens is 340 g/mol. The first-order valence-electron chi connectivity index (χ1n) is 7.81. The van der Waals surface area contributed by atoms with E-state index in [0.717, 1.165) is 5.56 Å². The lowest BCUT2D eigenvalue weighted by Crippen LogP contribution is -2.35. The number of carbonyl (C=O) groups is 1. The Balaban J connectivity index is 2.10. The van der Waals surface area contributed by atoms with Gasteiger partial charge in [-0.05, 0) is 50.2 Å². The highest BCUT2D eigenvalue weighted by molar-refractivity contribution is 7.92. The molecule has 0 fully saturated rings. The second kappa shape index (κ2) is 8.13. The molecule has 0 bridgehead atoms. The second-order valence-corrected chi connectivity index (χ2v) is 7.51. The molecule has 2 rings (SSSR count). The van der Waals surface area contributed by atoms with Gasteiger partial charge in [0.15, 0.2) is 0 Å². The van der Waals surface area contributed by atoms with E-state index in [1.54, 1.807) is 19.2 Å². The van der Waals surface area contributed by atoms with Gasteiger partial charge in [0.25, 0.3) is 15.9 Å². The van der Waals surface area contributed by atoms with Crippen molar-refractivity contribution in [3.05, 3.63) is 59.7 Å². The molecule has 2 N–H and O–H groups in total. The first kappa shape index (κ1) is 19.0. The number of amides is 1. The summed E-state index contributed by atoms with van der Waals surface area (Å²) >= 11 is 0. The fraction of sp³-hybridized carbons (Fsp3) is 0.278. The predicted molar refractivity (Wildman–Crippen MR) is 97.2 cm³/mol. The van der Waals surface area contributed by atoms with Crippen molar-refractivity contribution in [1.29, 1.82) is 0 Å². The molecule has 1 amide bonds. The van der Waals surface area contributed by atoms with Crippen LogP contribution in [0.25, 0.3) is 0 Å². The maximum absolute atomic E-state index is 12.4. The zero-order valence-corrected chi connectivity index (χ0v) is 15.3. The zero-order valence-electron chi connectivity index (χ0n) is 14.4. The van der Waals surface area contributed by atoms with E-state index in [0.29, 0.717) is 17.9 Å². The summed E-state index contributed by atoms with van der Waals surface area (Å²) in [7, 11) is -2.14. The van der Waals surface area contributed by atoms with Gasteiger partial charge in [0.1, 0.15) is 0 Å². The van der Waals surface area contributed by atoms with Crippen LogP contribution in [-0.4, -0.2) is 34.1 Å². The molecule has 6 nitrogen and oxygen atoms in total. The molecule has 0 heterocycles. The van der Waals surface area contributed by atoms with Crippen LogP contribution < -0.4 is 10.0 Å². The minimum atomic E-state index is -3.70. The molecule has 2 aromatic rings. The first-order chi connectivity index (χ1) is 11.8. The molecule has 25 heavy (non-hydrogen) atoms. The second-order valence-electron chi connectivity index (χ2n) is 5.83. The van der Waals surface area contributed by atoms with E-state index in [9.17, 15) is 13.2 Å². The van der Waals surface area contributed by atoms with E-state index in [1.807, 2.05) is 26.0 Å². The Morgan fingerprint density at radius 1 is 1.08 bits per heavy atom. The fourth-order valence-corrected chi connectivity index (χ4v) is 3.28.